The molecule has 0 aliphatic rings. The number of rotatable bonds is 7. The van der Waals surface area contributed by atoms with E-state index in [1.54, 1.807) is 0 Å². The number of nitrogens with one attached hydrogen (secondary N) is 1. The third kappa shape index (κ3) is 5.75. The van der Waals surface area contributed by atoms with Gasteiger partial charge in [0.25, 0.3) is 0 Å². The molecule has 0 aliphatic heterocycles. The van der Waals surface area contributed by atoms with Crippen LogP contribution < -0.4 is 4.72 Å². The summed E-state index contributed by atoms with van der Waals surface area (Å²) in [5.41, 5.74) is 0.410. The summed E-state index contributed by atoms with van der Waals surface area (Å²) in [7, 11) is -3.36. The van der Waals surface area contributed by atoms with Crippen LogP contribution in [-0.2, 0) is 16.4 Å². The van der Waals surface area contributed by atoms with Crippen molar-refractivity contribution in [2.24, 2.45) is 0 Å². The van der Waals surface area contributed by atoms with Crippen LogP contribution in [0, 0.1) is 11.6 Å². The summed E-state index contributed by atoms with van der Waals surface area (Å²) in [5.74, 6) is -1.12. The van der Waals surface area contributed by atoms with E-state index in [0.29, 0.717) is 12.0 Å². The SMILES string of the molecule is O=S(=O)(CCCCl)NCCc1cc(F)cc(F)c1. The van der Waals surface area contributed by atoms with Gasteiger partial charge in [-0.2, -0.15) is 0 Å². The molecule has 0 radical (unpaired) electrons. The van der Waals surface area contributed by atoms with Crippen molar-refractivity contribution in [1.29, 1.82) is 0 Å². The number of halogens is 3. The van der Waals surface area contributed by atoms with Gasteiger partial charge >= 0.3 is 0 Å². The minimum absolute atomic E-state index is 0.0476. The van der Waals surface area contributed by atoms with Crippen molar-refractivity contribution in [2.45, 2.75) is 12.8 Å². The van der Waals surface area contributed by atoms with E-state index >= 15 is 0 Å². The molecule has 0 bridgehead atoms. The van der Waals surface area contributed by atoms with E-state index in [-0.39, 0.29) is 24.6 Å². The van der Waals surface area contributed by atoms with Gasteiger partial charge in [-0.25, -0.2) is 21.9 Å². The molecule has 0 spiro atoms. The van der Waals surface area contributed by atoms with Crippen LogP contribution in [0.2, 0.25) is 0 Å². The summed E-state index contributed by atoms with van der Waals surface area (Å²) in [4.78, 5) is 0. The molecule has 1 aromatic rings. The van der Waals surface area contributed by atoms with Crippen LogP contribution in [0.3, 0.4) is 0 Å². The molecule has 0 fully saturated rings. The quantitative estimate of drug-likeness (QED) is 0.783. The lowest BCUT2D eigenvalue weighted by Crippen LogP contribution is -2.28. The topological polar surface area (TPSA) is 46.2 Å². The zero-order chi connectivity index (χ0) is 13.6. The minimum Gasteiger partial charge on any atom is -0.215 e. The molecule has 0 amide bonds. The smallest absolute Gasteiger partial charge is 0.211 e. The number of sulfonamides is 1. The maximum Gasteiger partial charge on any atom is 0.211 e. The Labute approximate surface area is 110 Å². The van der Waals surface area contributed by atoms with Crippen LogP contribution in [0.25, 0.3) is 0 Å². The molecule has 0 atom stereocenters. The highest BCUT2D eigenvalue weighted by Crippen LogP contribution is 2.08. The molecular weight excluding hydrogens is 284 g/mol. The maximum atomic E-state index is 12.9. The third-order valence-electron chi connectivity index (χ3n) is 2.20. The van der Waals surface area contributed by atoms with Crippen molar-refractivity contribution >= 4 is 21.6 Å². The largest absolute Gasteiger partial charge is 0.215 e. The Balaban J connectivity index is 2.46. The van der Waals surface area contributed by atoms with Crippen LogP contribution in [0.15, 0.2) is 18.2 Å². The first-order chi connectivity index (χ1) is 8.43. The van der Waals surface area contributed by atoms with Gasteiger partial charge in [0.15, 0.2) is 0 Å². The standard InChI is InChI=1S/C11H14ClF2NO2S/c12-3-1-5-18(16,17)15-4-2-9-6-10(13)8-11(14)7-9/h6-8,15H,1-5H2. The second-order valence-electron chi connectivity index (χ2n) is 3.78. The molecule has 0 aliphatic carbocycles. The molecule has 0 heterocycles. The van der Waals surface area contributed by atoms with Crippen LogP contribution in [-0.4, -0.2) is 26.6 Å². The maximum absolute atomic E-state index is 12.9. The van der Waals surface area contributed by atoms with Gasteiger partial charge in [-0.3, -0.25) is 0 Å². The van der Waals surface area contributed by atoms with E-state index in [2.05, 4.69) is 4.72 Å². The first kappa shape index (κ1) is 15.3. The van der Waals surface area contributed by atoms with Crippen molar-refractivity contribution in [3.05, 3.63) is 35.4 Å². The van der Waals surface area contributed by atoms with Gasteiger partial charge in [0.05, 0.1) is 5.75 Å². The molecule has 102 valence electrons. The number of hydrogen-bond donors (Lipinski definition) is 1. The van der Waals surface area contributed by atoms with Crippen LogP contribution in [0.5, 0.6) is 0 Å². The van der Waals surface area contributed by atoms with Gasteiger partial charge in [-0.05, 0) is 30.5 Å². The highest BCUT2D eigenvalue weighted by atomic mass is 35.5. The first-order valence-electron chi connectivity index (χ1n) is 5.41. The Morgan fingerprint density at radius 3 is 2.33 bits per heavy atom. The summed E-state index contributed by atoms with van der Waals surface area (Å²) in [6.07, 6.45) is 0.597. The summed E-state index contributed by atoms with van der Waals surface area (Å²) in [5, 5.41) is 0. The van der Waals surface area contributed by atoms with Crippen molar-refractivity contribution < 1.29 is 17.2 Å². The van der Waals surface area contributed by atoms with Crippen molar-refractivity contribution in [2.75, 3.05) is 18.2 Å². The second-order valence-corrected chi connectivity index (χ2v) is 6.09. The number of benzene rings is 1. The molecule has 0 unspecified atom stereocenters. The fraction of sp³-hybridized carbons (Fsp3) is 0.455. The number of hydrogen-bond acceptors (Lipinski definition) is 2. The van der Waals surface area contributed by atoms with Crippen LogP contribution in [0.4, 0.5) is 8.78 Å². The van der Waals surface area contributed by atoms with Crippen molar-refractivity contribution in [3.8, 4) is 0 Å². The Kier molecular flexibility index (Phi) is 5.98. The van der Waals surface area contributed by atoms with Gasteiger partial charge in [0.1, 0.15) is 11.6 Å². The fourth-order valence-electron chi connectivity index (χ4n) is 1.42. The molecule has 1 rings (SSSR count). The normalized spacial score (nSPS) is 11.7. The average Bonchev–Trinajstić information content (AvgIpc) is 2.25. The molecule has 1 N–H and O–H groups in total. The van der Waals surface area contributed by atoms with E-state index in [1.165, 1.54) is 12.1 Å². The van der Waals surface area contributed by atoms with Gasteiger partial charge in [-0.15, -0.1) is 11.6 Å². The Morgan fingerprint density at radius 2 is 1.78 bits per heavy atom. The third-order valence-corrected chi connectivity index (χ3v) is 3.94. The Morgan fingerprint density at radius 1 is 1.17 bits per heavy atom. The van der Waals surface area contributed by atoms with Crippen LogP contribution in [0.1, 0.15) is 12.0 Å². The minimum atomic E-state index is -3.36. The van der Waals surface area contributed by atoms with Gasteiger partial charge in [-0.1, -0.05) is 0 Å². The van der Waals surface area contributed by atoms with Crippen molar-refractivity contribution in [3.63, 3.8) is 0 Å². The highest BCUT2D eigenvalue weighted by molar-refractivity contribution is 7.89. The molecule has 0 saturated carbocycles. The average molecular weight is 298 g/mol. The predicted octanol–water partition coefficient (Wildman–Crippen LogP) is 2.06. The Bertz CT molecular complexity index is 474. The summed E-state index contributed by atoms with van der Waals surface area (Å²) < 4.78 is 50.9. The fourth-order valence-corrected chi connectivity index (χ4v) is 2.80. The lowest BCUT2D eigenvalue weighted by atomic mass is 10.1. The molecule has 0 saturated heterocycles. The van der Waals surface area contributed by atoms with E-state index < -0.39 is 21.7 Å². The number of alkyl halides is 1. The van der Waals surface area contributed by atoms with Crippen LogP contribution >= 0.6 is 11.6 Å². The zero-order valence-corrected chi connectivity index (χ0v) is 11.2. The van der Waals surface area contributed by atoms with E-state index in [9.17, 15) is 17.2 Å². The lowest BCUT2D eigenvalue weighted by molar-refractivity contribution is 0.576. The van der Waals surface area contributed by atoms with Gasteiger partial charge < -0.3 is 0 Å². The molecular formula is C11H14ClF2NO2S. The van der Waals surface area contributed by atoms with Gasteiger partial charge in [0, 0.05) is 18.5 Å². The van der Waals surface area contributed by atoms with E-state index in [1.807, 2.05) is 0 Å². The predicted molar refractivity (Wildman–Crippen MR) is 67.2 cm³/mol. The van der Waals surface area contributed by atoms with E-state index in [4.69, 9.17) is 11.6 Å². The highest BCUT2D eigenvalue weighted by Gasteiger charge is 2.09. The summed E-state index contributed by atoms with van der Waals surface area (Å²) >= 11 is 5.40. The molecule has 7 heteroatoms. The molecule has 0 aromatic heterocycles. The monoisotopic (exact) mass is 297 g/mol. The van der Waals surface area contributed by atoms with Crippen molar-refractivity contribution in [1.82, 2.24) is 4.72 Å². The second kappa shape index (κ2) is 7.01. The molecule has 1 aromatic carbocycles. The first-order valence-corrected chi connectivity index (χ1v) is 7.60. The zero-order valence-electron chi connectivity index (χ0n) is 9.63. The molecule has 3 nitrogen and oxygen atoms in total. The molecule has 18 heavy (non-hydrogen) atoms. The summed E-state index contributed by atoms with van der Waals surface area (Å²) in [6.45, 7) is 0.105. The lowest BCUT2D eigenvalue weighted by Gasteiger charge is -2.06. The Hall–Kier alpha value is -0.720. The van der Waals surface area contributed by atoms with E-state index in [0.717, 1.165) is 6.07 Å². The summed E-state index contributed by atoms with van der Waals surface area (Å²) in [6, 6.07) is 3.13. The van der Waals surface area contributed by atoms with Gasteiger partial charge in [0.2, 0.25) is 10.0 Å².